The number of rotatable bonds is 15. The number of carbonyl (C=O) groups excluding carboxylic acids is 5. The minimum atomic E-state index is -5.22. The number of aliphatic hydroxyl groups excluding tert-OH is 1. The molecule has 2 fully saturated rings. The first-order valence-electron chi connectivity index (χ1n) is 24.1. The number of nitrogens with zero attached hydrogens (tertiary/aromatic N) is 6. The monoisotopic (exact) mass is 1090 g/mol. The molecule has 0 aliphatic carbocycles. The highest BCUT2D eigenvalue weighted by Crippen LogP contribution is 2.42. The summed E-state index contributed by atoms with van der Waals surface area (Å²) in [6, 6.07) is 21.8. The molecule has 3 heterocycles. The molecule has 0 radical (unpaired) electrons. The number of thiazole rings is 1. The maximum Gasteiger partial charge on any atom is 0.420 e. The first-order valence-corrected chi connectivity index (χ1v) is 25.4. The van der Waals surface area contributed by atoms with Gasteiger partial charge in [0.1, 0.15) is 23.2 Å². The first-order chi connectivity index (χ1) is 36.2. The highest BCUT2D eigenvalue weighted by molar-refractivity contribution is 7.80. The molecule has 2 saturated heterocycles. The minimum absolute atomic E-state index is 0.0443. The van der Waals surface area contributed by atoms with Crippen LogP contribution >= 0.6 is 23.6 Å². The number of likely N-dealkylation sites (tertiary alicyclic amines) is 1. The van der Waals surface area contributed by atoms with Gasteiger partial charge in [0.05, 0.1) is 51.6 Å². The van der Waals surface area contributed by atoms with Crippen molar-refractivity contribution < 1.29 is 46.6 Å². The first kappa shape index (κ1) is 56.8. The molecule has 0 spiro atoms. The SMILES string of the molecule is C=N/C(=C\C=C(/C)N1C(=S)N(c2ccc(C#N)c(C(F)(F)F)c2F)C(=O)C1(C)C)c1ccc(NC(=O)c2ccc(CC(=O)N[C@H](C(=O)N3C[C@H](O)C[C@H]3C(=O)NCc3ccc(-c4scnc4C)cc3)C(C)(C)C)cc2)cc1. The minimum Gasteiger partial charge on any atom is -0.391 e. The summed E-state index contributed by atoms with van der Waals surface area (Å²) in [5.74, 6) is -4.43. The van der Waals surface area contributed by atoms with Crippen molar-refractivity contribution in [2.24, 2.45) is 10.4 Å². The number of aliphatic imine (C=N–C) groups is 1. The fourth-order valence-electron chi connectivity index (χ4n) is 9.10. The number of allylic oxidation sites excluding steroid dienone is 3. The van der Waals surface area contributed by atoms with E-state index in [9.17, 15) is 47.5 Å². The Balaban J connectivity index is 0.945. The van der Waals surface area contributed by atoms with E-state index in [4.69, 9.17) is 12.2 Å². The lowest BCUT2D eigenvalue weighted by Gasteiger charge is -2.35. The third kappa shape index (κ3) is 12.4. The van der Waals surface area contributed by atoms with Gasteiger partial charge in [-0.3, -0.25) is 33.9 Å². The Labute approximate surface area is 452 Å². The number of aromatic nitrogens is 1. The van der Waals surface area contributed by atoms with Crippen molar-refractivity contribution >= 4 is 82.0 Å². The number of β-amino-alcohol motifs (C(OH)–C–C–N with tert-alkyl or cyclic N) is 1. The number of aliphatic hydroxyl groups is 1. The Morgan fingerprint density at radius 2 is 1.62 bits per heavy atom. The standard InChI is InChI=1S/C56H55F4N9O6S2/c1-31(69-53(76)68(52(75)55(69,6)7)42-24-20-38(27-61)45(46(42)57)56(58,59)60)9-23-41(62-8)35-18-21-39(22-19-35)65-49(72)37-16-10-33(11-17-37)25-44(71)66-48(54(3,4)5)51(74)67-29-40(70)26-43(67)50(73)63-28-34-12-14-36(15-13-34)47-32(2)64-30-77-47/h9-24,30,40,43,48,70H,8,25-26,28-29H2,1-7H3,(H,63,73)(H,65,72)(H,66,71)/b31-9+,41-23-/t40-,43+,48-/m1/s1. The second-order valence-corrected chi connectivity index (χ2v) is 21.3. The van der Waals surface area contributed by atoms with Gasteiger partial charge in [0.2, 0.25) is 17.7 Å². The van der Waals surface area contributed by atoms with Crippen molar-refractivity contribution in [3.8, 4) is 16.5 Å². The third-order valence-corrected chi connectivity index (χ3v) is 14.5. The number of amides is 5. The maximum atomic E-state index is 15.5. The molecule has 15 nitrogen and oxygen atoms in total. The number of nitrogens with one attached hydrogen (secondary N) is 3. The number of aryl methyl sites for hydroxylation is 1. The molecule has 21 heteroatoms. The summed E-state index contributed by atoms with van der Waals surface area (Å²) >= 11 is 7.09. The van der Waals surface area contributed by atoms with Crippen molar-refractivity contribution in [3.63, 3.8) is 0 Å². The summed E-state index contributed by atoms with van der Waals surface area (Å²) in [5, 5.41) is 28.1. The number of halogens is 4. The van der Waals surface area contributed by atoms with Gasteiger partial charge in [0.15, 0.2) is 10.9 Å². The van der Waals surface area contributed by atoms with E-state index in [2.05, 4.69) is 32.6 Å². The van der Waals surface area contributed by atoms with Crippen molar-refractivity contribution in [1.29, 1.82) is 5.26 Å². The van der Waals surface area contributed by atoms with E-state index in [1.807, 2.05) is 31.2 Å². The summed E-state index contributed by atoms with van der Waals surface area (Å²) in [4.78, 5) is 81.1. The Bertz CT molecular complexity index is 3250. The van der Waals surface area contributed by atoms with E-state index < -0.39 is 87.5 Å². The number of alkyl halides is 3. The van der Waals surface area contributed by atoms with Crippen LogP contribution in [0.4, 0.5) is 28.9 Å². The van der Waals surface area contributed by atoms with E-state index in [-0.39, 0.29) is 36.6 Å². The van der Waals surface area contributed by atoms with Crippen LogP contribution in [-0.2, 0) is 38.3 Å². The van der Waals surface area contributed by atoms with Gasteiger partial charge in [0, 0.05) is 42.0 Å². The molecule has 5 amide bonds. The molecule has 0 unspecified atom stereocenters. The fraction of sp³-hybridized carbons (Fsp3) is 0.304. The molecule has 77 heavy (non-hydrogen) atoms. The van der Waals surface area contributed by atoms with Gasteiger partial charge in [-0.25, -0.2) is 9.37 Å². The molecular formula is C56H55F4N9O6S2. The number of carbonyl (C=O) groups is 5. The van der Waals surface area contributed by atoms with Crippen LogP contribution in [0.2, 0.25) is 0 Å². The lowest BCUT2D eigenvalue weighted by Crippen LogP contribution is -2.58. The molecular weight excluding hydrogens is 1030 g/mol. The lowest BCUT2D eigenvalue weighted by atomic mass is 9.85. The number of anilines is 2. The molecule has 4 N–H and O–H groups in total. The molecule has 4 aromatic carbocycles. The smallest absolute Gasteiger partial charge is 0.391 e. The van der Waals surface area contributed by atoms with Crippen LogP contribution in [0.25, 0.3) is 16.1 Å². The van der Waals surface area contributed by atoms with Gasteiger partial charge < -0.3 is 30.9 Å². The van der Waals surface area contributed by atoms with Crippen LogP contribution in [0.1, 0.15) is 91.8 Å². The van der Waals surface area contributed by atoms with Crippen LogP contribution in [-0.4, -0.2) is 91.5 Å². The summed E-state index contributed by atoms with van der Waals surface area (Å²) < 4.78 is 57.0. The van der Waals surface area contributed by atoms with E-state index in [1.54, 1.807) is 105 Å². The fourth-order valence-corrected chi connectivity index (χ4v) is 10.5. The van der Waals surface area contributed by atoms with Gasteiger partial charge in [-0.2, -0.15) is 18.4 Å². The molecule has 0 bridgehead atoms. The zero-order valence-electron chi connectivity index (χ0n) is 43.1. The number of hydrogen-bond acceptors (Lipinski definition) is 11. The summed E-state index contributed by atoms with van der Waals surface area (Å²) in [7, 11) is 0. The van der Waals surface area contributed by atoms with Crippen molar-refractivity contribution in [1.82, 2.24) is 25.4 Å². The summed E-state index contributed by atoms with van der Waals surface area (Å²) in [5.41, 5.74) is 1.42. The van der Waals surface area contributed by atoms with Gasteiger partial charge in [-0.15, -0.1) is 11.3 Å². The number of benzene rings is 4. The Hall–Kier alpha value is -7.93. The average molecular weight is 1090 g/mol. The molecule has 3 atom stereocenters. The predicted octanol–water partition coefficient (Wildman–Crippen LogP) is 9.11. The van der Waals surface area contributed by atoms with Gasteiger partial charge in [-0.05, 0) is 117 Å². The predicted molar refractivity (Wildman–Crippen MR) is 290 cm³/mol. The highest BCUT2D eigenvalue weighted by Gasteiger charge is 2.52. The molecule has 7 rings (SSSR count). The Morgan fingerprint density at radius 1 is 0.987 bits per heavy atom. The van der Waals surface area contributed by atoms with E-state index >= 15 is 4.39 Å². The molecule has 1 aromatic heterocycles. The van der Waals surface area contributed by atoms with Crippen LogP contribution in [0.5, 0.6) is 0 Å². The maximum absolute atomic E-state index is 15.5. The second kappa shape index (κ2) is 22.7. The zero-order chi connectivity index (χ0) is 56.3. The zero-order valence-corrected chi connectivity index (χ0v) is 44.7. The van der Waals surface area contributed by atoms with Crippen LogP contribution in [0, 0.1) is 29.5 Å². The quantitative estimate of drug-likeness (QED) is 0.0339. The summed E-state index contributed by atoms with van der Waals surface area (Å²) in [6.07, 6.45) is -3.11. The number of hydrogen-bond donors (Lipinski definition) is 4. The largest absolute Gasteiger partial charge is 0.420 e. The molecule has 0 saturated carbocycles. The molecule has 5 aromatic rings. The van der Waals surface area contributed by atoms with E-state index in [1.165, 1.54) is 29.7 Å². The topological polar surface area (TPSA) is 200 Å². The molecule has 400 valence electrons. The Morgan fingerprint density at radius 3 is 2.21 bits per heavy atom. The van der Waals surface area contributed by atoms with E-state index in [0.717, 1.165) is 33.8 Å². The second-order valence-electron chi connectivity index (χ2n) is 20.1. The van der Waals surface area contributed by atoms with Crippen molar-refractivity contribution in [2.75, 3.05) is 16.8 Å². The van der Waals surface area contributed by atoms with Gasteiger partial charge in [-0.1, -0.05) is 69.3 Å². The summed E-state index contributed by atoms with van der Waals surface area (Å²) in [6.45, 7) is 15.7. The highest BCUT2D eigenvalue weighted by atomic mass is 32.1. The van der Waals surface area contributed by atoms with Crippen LogP contribution in [0.15, 0.2) is 113 Å². The Kier molecular flexibility index (Phi) is 16.8. The molecule has 2 aliphatic rings. The van der Waals surface area contributed by atoms with Gasteiger partial charge in [0.25, 0.3) is 11.8 Å². The number of thiocarbonyl (C=S) groups is 1. The van der Waals surface area contributed by atoms with Crippen molar-refractivity contribution in [3.05, 3.63) is 153 Å². The normalized spacial score (nSPS) is 17.3. The average Bonchev–Trinajstić information content (AvgIpc) is 4.09. The lowest BCUT2D eigenvalue weighted by molar-refractivity contribution is -0.144. The van der Waals surface area contributed by atoms with Gasteiger partial charge >= 0.3 is 6.18 Å². The van der Waals surface area contributed by atoms with E-state index in [0.29, 0.717) is 33.1 Å². The van der Waals surface area contributed by atoms with Crippen LogP contribution in [0.3, 0.4) is 0 Å². The molecule has 2 aliphatic heterocycles. The number of nitriles is 1. The third-order valence-electron chi connectivity index (χ3n) is 13.2. The van der Waals surface area contributed by atoms with Crippen molar-refractivity contribution in [2.45, 2.75) is 97.8 Å². The van der Waals surface area contributed by atoms with Crippen LogP contribution < -0.4 is 20.9 Å².